The summed E-state index contributed by atoms with van der Waals surface area (Å²) in [4.78, 5) is 11.1. The van der Waals surface area contributed by atoms with Gasteiger partial charge in [-0.2, -0.15) is 0 Å². The van der Waals surface area contributed by atoms with Crippen LogP contribution in [0.5, 0.6) is 0 Å². The number of hydrogen-bond donors (Lipinski definition) is 2. The topological polar surface area (TPSA) is 58.6 Å². The number of carboxylic acid groups (broad SMARTS) is 1. The van der Waals surface area contributed by atoms with E-state index in [9.17, 15) is 4.79 Å². The minimum atomic E-state index is -0.901. The number of nitrogens with one attached hydrogen (secondary N) is 1. The van der Waals surface area contributed by atoms with Gasteiger partial charge in [-0.15, -0.1) is 0 Å². The Labute approximate surface area is 107 Å². The monoisotopic (exact) mass is 249 g/mol. The van der Waals surface area contributed by atoms with E-state index in [1.807, 2.05) is 19.1 Å². The molecule has 1 atom stereocenters. The number of benzene rings is 1. The molecule has 4 heteroatoms. The van der Waals surface area contributed by atoms with Crippen LogP contribution in [0.4, 0.5) is 5.69 Å². The van der Waals surface area contributed by atoms with Crippen LogP contribution in [-0.4, -0.2) is 30.3 Å². The van der Waals surface area contributed by atoms with Gasteiger partial charge in [-0.1, -0.05) is 6.07 Å². The molecule has 1 aliphatic rings. The zero-order valence-electron chi connectivity index (χ0n) is 10.6. The van der Waals surface area contributed by atoms with Crippen molar-refractivity contribution in [3.63, 3.8) is 0 Å². The highest BCUT2D eigenvalue weighted by atomic mass is 16.5. The summed E-state index contributed by atoms with van der Waals surface area (Å²) in [6, 6.07) is 5.32. The lowest BCUT2D eigenvalue weighted by Gasteiger charge is -2.23. The second-order valence-electron chi connectivity index (χ2n) is 4.72. The van der Waals surface area contributed by atoms with Gasteiger partial charge in [0.05, 0.1) is 11.7 Å². The zero-order valence-corrected chi connectivity index (χ0v) is 10.6. The molecule has 1 aromatic carbocycles. The second kappa shape index (κ2) is 5.87. The van der Waals surface area contributed by atoms with E-state index in [2.05, 4.69) is 5.32 Å². The lowest BCUT2D eigenvalue weighted by Crippen LogP contribution is -2.27. The number of carbonyl (C=O) groups is 1. The third kappa shape index (κ3) is 3.23. The first-order valence-electron chi connectivity index (χ1n) is 6.36. The maximum absolute atomic E-state index is 11.1. The lowest BCUT2D eigenvalue weighted by molar-refractivity contribution is 0.0247. The fourth-order valence-corrected chi connectivity index (χ4v) is 2.18. The summed E-state index contributed by atoms with van der Waals surface area (Å²) in [7, 11) is 0. The van der Waals surface area contributed by atoms with Crippen LogP contribution in [-0.2, 0) is 4.74 Å². The average molecular weight is 249 g/mol. The van der Waals surface area contributed by atoms with Gasteiger partial charge in [0.1, 0.15) is 0 Å². The molecule has 1 fully saturated rings. The lowest BCUT2D eigenvalue weighted by atomic mass is 10.1. The molecule has 0 saturated carbocycles. The summed E-state index contributed by atoms with van der Waals surface area (Å²) >= 11 is 0. The summed E-state index contributed by atoms with van der Waals surface area (Å²) in [5, 5.41) is 12.3. The van der Waals surface area contributed by atoms with Gasteiger partial charge in [0.15, 0.2) is 0 Å². The summed E-state index contributed by atoms with van der Waals surface area (Å²) in [6.07, 6.45) is 3.55. The van der Waals surface area contributed by atoms with Gasteiger partial charge in [0, 0.05) is 18.8 Å². The van der Waals surface area contributed by atoms with Gasteiger partial charge in [0.25, 0.3) is 0 Å². The number of hydrogen-bond acceptors (Lipinski definition) is 3. The average Bonchev–Trinajstić information content (AvgIpc) is 2.37. The molecule has 1 heterocycles. The summed E-state index contributed by atoms with van der Waals surface area (Å²) < 4.78 is 5.62. The maximum atomic E-state index is 11.1. The largest absolute Gasteiger partial charge is 0.478 e. The Morgan fingerprint density at radius 1 is 1.50 bits per heavy atom. The third-order valence-corrected chi connectivity index (χ3v) is 3.20. The van der Waals surface area contributed by atoms with E-state index in [4.69, 9.17) is 9.84 Å². The molecule has 1 saturated heterocycles. The second-order valence-corrected chi connectivity index (χ2v) is 4.72. The van der Waals surface area contributed by atoms with Crippen LogP contribution in [0.1, 0.15) is 35.2 Å². The molecular formula is C14H19NO3. The van der Waals surface area contributed by atoms with E-state index in [1.165, 1.54) is 6.42 Å². The highest BCUT2D eigenvalue weighted by Gasteiger charge is 2.15. The first-order valence-corrected chi connectivity index (χ1v) is 6.36. The van der Waals surface area contributed by atoms with Gasteiger partial charge >= 0.3 is 5.97 Å². The fraction of sp³-hybridized carbons (Fsp3) is 0.500. The van der Waals surface area contributed by atoms with E-state index in [1.54, 1.807) is 6.07 Å². The number of rotatable bonds is 4. The van der Waals surface area contributed by atoms with Crippen LogP contribution >= 0.6 is 0 Å². The van der Waals surface area contributed by atoms with Crippen molar-refractivity contribution < 1.29 is 14.6 Å². The molecule has 0 radical (unpaired) electrons. The van der Waals surface area contributed by atoms with Gasteiger partial charge in [0.2, 0.25) is 0 Å². The van der Waals surface area contributed by atoms with Crippen LogP contribution < -0.4 is 5.32 Å². The van der Waals surface area contributed by atoms with Crippen molar-refractivity contribution in [3.05, 3.63) is 29.3 Å². The molecule has 2 N–H and O–H groups in total. The first-order chi connectivity index (χ1) is 8.66. The van der Waals surface area contributed by atoms with E-state index in [-0.39, 0.29) is 6.10 Å². The van der Waals surface area contributed by atoms with Crippen molar-refractivity contribution in [1.29, 1.82) is 0 Å². The maximum Gasteiger partial charge on any atom is 0.337 e. The van der Waals surface area contributed by atoms with Gasteiger partial charge in [-0.05, 0) is 43.9 Å². The van der Waals surface area contributed by atoms with Crippen LogP contribution in [0, 0.1) is 6.92 Å². The summed E-state index contributed by atoms with van der Waals surface area (Å²) in [5.74, 6) is -0.901. The number of aryl methyl sites for hydroxylation is 1. The highest BCUT2D eigenvalue weighted by Crippen LogP contribution is 2.19. The molecule has 0 bridgehead atoms. The minimum Gasteiger partial charge on any atom is -0.478 e. The van der Waals surface area contributed by atoms with Crippen molar-refractivity contribution in [2.24, 2.45) is 0 Å². The Hall–Kier alpha value is -1.55. The van der Waals surface area contributed by atoms with Gasteiger partial charge in [-0.3, -0.25) is 0 Å². The first kappa shape index (κ1) is 12.9. The normalized spacial score (nSPS) is 19.5. The van der Waals surface area contributed by atoms with Crippen molar-refractivity contribution >= 4 is 11.7 Å². The molecule has 2 rings (SSSR count). The standard InChI is InChI=1S/C14H19NO3/c1-10-5-6-12(14(16)17)13(8-10)15-9-11-4-2-3-7-18-11/h5-6,8,11,15H,2-4,7,9H2,1H3,(H,16,17). The molecule has 0 amide bonds. The molecule has 18 heavy (non-hydrogen) atoms. The fourth-order valence-electron chi connectivity index (χ4n) is 2.18. The van der Waals surface area contributed by atoms with Crippen LogP contribution in [0.15, 0.2) is 18.2 Å². The summed E-state index contributed by atoms with van der Waals surface area (Å²) in [5.41, 5.74) is 2.04. The van der Waals surface area contributed by atoms with Crippen LogP contribution in [0.3, 0.4) is 0 Å². The molecule has 98 valence electrons. The SMILES string of the molecule is Cc1ccc(C(=O)O)c(NCC2CCCCO2)c1. The Morgan fingerprint density at radius 3 is 3.00 bits per heavy atom. The number of carboxylic acids is 1. The summed E-state index contributed by atoms with van der Waals surface area (Å²) in [6.45, 7) is 3.43. The molecule has 0 aliphatic carbocycles. The minimum absolute atomic E-state index is 0.195. The van der Waals surface area contributed by atoms with E-state index in [0.717, 1.165) is 25.0 Å². The Kier molecular flexibility index (Phi) is 4.20. The molecule has 1 unspecified atom stereocenters. The van der Waals surface area contributed by atoms with Crippen molar-refractivity contribution in [1.82, 2.24) is 0 Å². The molecule has 4 nitrogen and oxygen atoms in total. The van der Waals surface area contributed by atoms with Crippen LogP contribution in [0.25, 0.3) is 0 Å². The predicted octanol–water partition coefficient (Wildman–Crippen LogP) is 2.67. The molecule has 1 aliphatic heterocycles. The van der Waals surface area contributed by atoms with Crippen LogP contribution in [0.2, 0.25) is 0 Å². The smallest absolute Gasteiger partial charge is 0.337 e. The third-order valence-electron chi connectivity index (χ3n) is 3.20. The zero-order chi connectivity index (χ0) is 13.0. The molecule has 0 aromatic heterocycles. The number of ether oxygens (including phenoxy) is 1. The highest BCUT2D eigenvalue weighted by molar-refractivity contribution is 5.94. The van der Waals surface area contributed by atoms with E-state index >= 15 is 0 Å². The van der Waals surface area contributed by atoms with Crippen molar-refractivity contribution in [3.8, 4) is 0 Å². The van der Waals surface area contributed by atoms with E-state index < -0.39 is 5.97 Å². The molecule has 1 aromatic rings. The van der Waals surface area contributed by atoms with Crippen molar-refractivity contribution in [2.45, 2.75) is 32.3 Å². The Bertz CT molecular complexity index is 425. The Balaban J connectivity index is 2.03. The quantitative estimate of drug-likeness (QED) is 0.861. The molecule has 0 spiro atoms. The van der Waals surface area contributed by atoms with Gasteiger partial charge in [-0.25, -0.2) is 4.79 Å². The molecular weight excluding hydrogens is 230 g/mol. The van der Waals surface area contributed by atoms with Gasteiger partial charge < -0.3 is 15.2 Å². The van der Waals surface area contributed by atoms with E-state index in [0.29, 0.717) is 17.8 Å². The number of aromatic carboxylic acids is 1. The predicted molar refractivity (Wildman–Crippen MR) is 70.2 cm³/mol. The number of anilines is 1. The Morgan fingerprint density at radius 2 is 2.33 bits per heavy atom. The van der Waals surface area contributed by atoms with Crippen molar-refractivity contribution in [2.75, 3.05) is 18.5 Å².